The fourth-order valence-corrected chi connectivity index (χ4v) is 2.52. The number of nitrogens with one attached hydrogen (secondary N) is 1. The normalized spacial score (nSPS) is 14.8. The summed E-state index contributed by atoms with van der Waals surface area (Å²) in [4.78, 5) is 13.3. The fourth-order valence-electron chi connectivity index (χ4n) is 2.52. The minimum atomic E-state index is -0.990. The zero-order chi connectivity index (χ0) is 14.3. The van der Waals surface area contributed by atoms with Gasteiger partial charge in [0.25, 0.3) is 0 Å². The number of hydrogen-bond acceptors (Lipinski definition) is 3. The summed E-state index contributed by atoms with van der Waals surface area (Å²) in [6, 6.07) is 8.32. The topological polar surface area (TPSA) is 69.2 Å². The Morgan fingerprint density at radius 2 is 2.05 bits per heavy atom. The molecule has 0 unspecified atom stereocenters. The molecule has 1 aliphatic heterocycles. The molecule has 20 heavy (non-hydrogen) atoms. The van der Waals surface area contributed by atoms with E-state index >= 15 is 0 Å². The van der Waals surface area contributed by atoms with Gasteiger partial charge in [0.05, 0.1) is 5.69 Å². The number of aromatic carboxylic acids is 1. The van der Waals surface area contributed by atoms with Gasteiger partial charge in [0.1, 0.15) is 5.69 Å². The molecule has 3 rings (SSSR count). The number of aromatic amines is 1. The monoisotopic (exact) mass is 271 g/mol. The molecule has 2 aromatic rings. The molecule has 0 amide bonds. The summed E-state index contributed by atoms with van der Waals surface area (Å²) in [6.45, 7) is 6.31. The average molecular weight is 271 g/mol. The van der Waals surface area contributed by atoms with E-state index < -0.39 is 5.97 Å². The molecule has 0 fully saturated rings. The van der Waals surface area contributed by atoms with Gasteiger partial charge in [-0.1, -0.05) is 12.1 Å². The van der Waals surface area contributed by atoms with Crippen molar-refractivity contribution in [3.8, 4) is 11.3 Å². The zero-order valence-corrected chi connectivity index (χ0v) is 11.6. The SMILES string of the molecule is CC(C)N1Cc2ccc(-c3cc(C(=O)O)[nH]n3)cc2C1. The van der Waals surface area contributed by atoms with Crippen LogP contribution < -0.4 is 0 Å². The summed E-state index contributed by atoms with van der Waals surface area (Å²) in [5.41, 5.74) is 4.39. The molecular weight excluding hydrogens is 254 g/mol. The van der Waals surface area contributed by atoms with Crippen LogP contribution in [0.2, 0.25) is 0 Å². The Labute approximate surface area is 117 Å². The van der Waals surface area contributed by atoms with Gasteiger partial charge in [-0.2, -0.15) is 5.10 Å². The number of nitrogens with zero attached hydrogens (tertiary/aromatic N) is 2. The number of aromatic nitrogens is 2. The third kappa shape index (κ3) is 2.20. The van der Waals surface area contributed by atoms with Crippen LogP contribution in [0.15, 0.2) is 24.3 Å². The Hall–Kier alpha value is -2.14. The minimum Gasteiger partial charge on any atom is -0.477 e. The van der Waals surface area contributed by atoms with Gasteiger partial charge in [0.2, 0.25) is 0 Å². The van der Waals surface area contributed by atoms with Gasteiger partial charge in [-0.15, -0.1) is 0 Å². The summed E-state index contributed by atoms with van der Waals surface area (Å²) in [5.74, 6) is -0.990. The molecule has 0 saturated heterocycles. The second-order valence-corrected chi connectivity index (χ2v) is 5.45. The maximum absolute atomic E-state index is 10.9. The van der Waals surface area contributed by atoms with E-state index in [-0.39, 0.29) is 5.69 Å². The lowest BCUT2D eigenvalue weighted by Gasteiger charge is -2.18. The lowest BCUT2D eigenvalue weighted by atomic mass is 10.0. The van der Waals surface area contributed by atoms with Crippen molar-refractivity contribution in [1.82, 2.24) is 15.1 Å². The molecule has 2 heterocycles. The maximum Gasteiger partial charge on any atom is 0.353 e. The minimum absolute atomic E-state index is 0.115. The lowest BCUT2D eigenvalue weighted by Crippen LogP contribution is -2.24. The van der Waals surface area contributed by atoms with Crippen LogP contribution in [-0.4, -0.2) is 32.2 Å². The number of carbonyl (C=O) groups is 1. The number of benzene rings is 1. The smallest absolute Gasteiger partial charge is 0.353 e. The van der Waals surface area contributed by atoms with Crippen LogP contribution in [-0.2, 0) is 13.1 Å². The van der Waals surface area contributed by atoms with Crippen LogP contribution in [0.25, 0.3) is 11.3 Å². The van der Waals surface area contributed by atoms with Gasteiger partial charge >= 0.3 is 5.97 Å². The summed E-state index contributed by atoms with van der Waals surface area (Å²) >= 11 is 0. The molecule has 0 aliphatic carbocycles. The molecule has 0 spiro atoms. The van der Waals surface area contributed by atoms with Crippen molar-refractivity contribution in [2.75, 3.05) is 0 Å². The molecule has 5 nitrogen and oxygen atoms in total. The molecule has 0 bridgehead atoms. The predicted molar refractivity (Wildman–Crippen MR) is 75.4 cm³/mol. The third-order valence-electron chi connectivity index (χ3n) is 3.79. The molecule has 1 aliphatic rings. The van der Waals surface area contributed by atoms with Crippen LogP contribution in [0.4, 0.5) is 0 Å². The van der Waals surface area contributed by atoms with E-state index in [1.807, 2.05) is 6.07 Å². The molecule has 0 saturated carbocycles. The standard InChI is InChI=1S/C15H17N3O2/c1-9(2)18-7-11-4-3-10(5-12(11)8-18)13-6-14(15(19)20)17-16-13/h3-6,9H,7-8H2,1-2H3,(H,16,17)(H,19,20). The van der Waals surface area contributed by atoms with Gasteiger partial charge in [-0.05, 0) is 37.1 Å². The third-order valence-corrected chi connectivity index (χ3v) is 3.79. The highest BCUT2D eigenvalue weighted by atomic mass is 16.4. The Balaban J connectivity index is 1.90. The molecule has 0 radical (unpaired) electrons. The van der Waals surface area contributed by atoms with Crippen molar-refractivity contribution in [3.63, 3.8) is 0 Å². The first kappa shape index (κ1) is 12.9. The maximum atomic E-state index is 10.9. The second kappa shape index (κ2) is 4.76. The van der Waals surface area contributed by atoms with E-state index in [0.717, 1.165) is 18.7 Å². The summed E-state index contributed by atoms with van der Waals surface area (Å²) in [7, 11) is 0. The van der Waals surface area contributed by atoms with Crippen LogP contribution in [0.5, 0.6) is 0 Å². The van der Waals surface area contributed by atoms with Crippen molar-refractivity contribution < 1.29 is 9.90 Å². The summed E-state index contributed by atoms with van der Waals surface area (Å²) < 4.78 is 0. The van der Waals surface area contributed by atoms with Crippen molar-refractivity contribution in [2.24, 2.45) is 0 Å². The van der Waals surface area contributed by atoms with Gasteiger partial charge < -0.3 is 5.11 Å². The van der Waals surface area contributed by atoms with Crippen LogP contribution in [0, 0.1) is 0 Å². The summed E-state index contributed by atoms with van der Waals surface area (Å²) in [6.07, 6.45) is 0. The Bertz CT molecular complexity index is 661. The highest BCUT2D eigenvalue weighted by Gasteiger charge is 2.21. The first-order chi connectivity index (χ1) is 9.54. The van der Waals surface area contributed by atoms with Gasteiger partial charge in [0, 0.05) is 24.7 Å². The van der Waals surface area contributed by atoms with E-state index in [0.29, 0.717) is 11.7 Å². The largest absolute Gasteiger partial charge is 0.477 e. The predicted octanol–water partition coefficient (Wildman–Crippen LogP) is 2.50. The average Bonchev–Trinajstić information content (AvgIpc) is 3.04. The van der Waals surface area contributed by atoms with Crippen LogP contribution >= 0.6 is 0 Å². The van der Waals surface area contributed by atoms with E-state index in [1.165, 1.54) is 11.1 Å². The molecular formula is C15H17N3O2. The van der Waals surface area contributed by atoms with E-state index in [1.54, 1.807) is 6.07 Å². The molecule has 1 aromatic carbocycles. The van der Waals surface area contributed by atoms with Gasteiger partial charge in [0.15, 0.2) is 0 Å². The van der Waals surface area contributed by atoms with Crippen molar-refractivity contribution in [3.05, 3.63) is 41.1 Å². The number of hydrogen-bond donors (Lipinski definition) is 2. The van der Waals surface area contributed by atoms with E-state index in [2.05, 4.69) is 41.1 Å². The van der Waals surface area contributed by atoms with Crippen molar-refractivity contribution >= 4 is 5.97 Å². The number of rotatable bonds is 3. The lowest BCUT2D eigenvalue weighted by molar-refractivity contribution is 0.0690. The van der Waals surface area contributed by atoms with Crippen molar-refractivity contribution in [1.29, 1.82) is 0 Å². The Morgan fingerprint density at radius 1 is 1.30 bits per heavy atom. The van der Waals surface area contributed by atoms with Crippen LogP contribution in [0.1, 0.15) is 35.5 Å². The highest BCUT2D eigenvalue weighted by molar-refractivity contribution is 5.86. The van der Waals surface area contributed by atoms with Gasteiger partial charge in [-0.3, -0.25) is 10.00 Å². The number of H-pyrrole nitrogens is 1. The Morgan fingerprint density at radius 3 is 2.70 bits per heavy atom. The highest BCUT2D eigenvalue weighted by Crippen LogP contribution is 2.28. The van der Waals surface area contributed by atoms with E-state index in [4.69, 9.17) is 5.11 Å². The number of fused-ring (bicyclic) bond motifs is 1. The number of carboxylic acid groups (broad SMARTS) is 1. The molecule has 0 atom stereocenters. The first-order valence-electron chi connectivity index (χ1n) is 6.69. The first-order valence-corrected chi connectivity index (χ1v) is 6.69. The number of carboxylic acids is 1. The molecule has 5 heteroatoms. The quantitative estimate of drug-likeness (QED) is 0.900. The van der Waals surface area contributed by atoms with Gasteiger partial charge in [-0.25, -0.2) is 4.79 Å². The van der Waals surface area contributed by atoms with Crippen molar-refractivity contribution in [2.45, 2.75) is 33.0 Å². The fraction of sp³-hybridized carbons (Fsp3) is 0.333. The Kier molecular flexibility index (Phi) is 3.06. The summed E-state index contributed by atoms with van der Waals surface area (Å²) in [5, 5.41) is 15.5. The zero-order valence-electron chi connectivity index (χ0n) is 11.6. The van der Waals surface area contributed by atoms with Crippen LogP contribution in [0.3, 0.4) is 0 Å². The molecule has 1 aromatic heterocycles. The molecule has 2 N–H and O–H groups in total. The second-order valence-electron chi connectivity index (χ2n) is 5.45. The van der Waals surface area contributed by atoms with E-state index in [9.17, 15) is 4.79 Å². The molecule has 104 valence electrons.